The van der Waals surface area contributed by atoms with Crippen molar-refractivity contribution in [1.82, 2.24) is 25.6 Å². The zero-order valence-electron chi connectivity index (χ0n) is 16.1. The molecule has 1 aliphatic heterocycles. The van der Waals surface area contributed by atoms with E-state index in [4.69, 9.17) is 9.47 Å². The van der Waals surface area contributed by atoms with Gasteiger partial charge in [0.2, 0.25) is 0 Å². The maximum absolute atomic E-state index is 12.5. The zero-order valence-corrected chi connectivity index (χ0v) is 17.0. The molecule has 1 saturated heterocycles. The van der Waals surface area contributed by atoms with Crippen LogP contribution in [0.2, 0.25) is 0 Å². The highest BCUT2D eigenvalue weighted by Gasteiger charge is 2.21. The fourth-order valence-electron chi connectivity index (χ4n) is 2.63. The number of hydrazine groups is 1. The van der Waals surface area contributed by atoms with Crippen molar-refractivity contribution in [2.24, 2.45) is 0 Å². The molecule has 2 aromatic rings. The largest absolute Gasteiger partial charge is 0.383 e. The molecule has 1 aliphatic rings. The van der Waals surface area contributed by atoms with Gasteiger partial charge in [-0.25, -0.2) is 9.67 Å². The number of anilines is 1. The Morgan fingerprint density at radius 1 is 1.24 bits per heavy atom. The summed E-state index contributed by atoms with van der Waals surface area (Å²) in [5.74, 6) is -1.11. The van der Waals surface area contributed by atoms with E-state index in [2.05, 4.69) is 25.8 Å². The highest BCUT2D eigenvalue weighted by Crippen LogP contribution is 2.26. The van der Waals surface area contributed by atoms with E-state index in [1.165, 1.54) is 30.6 Å². The Morgan fingerprint density at radius 2 is 1.97 bits per heavy atom. The van der Waals surface area contributed by atoms with Gasteiger partial charge >= 0.3 is 0 Å². The van der Waals surface area contributed by atoms with Crippen LogP contribution in [0.4, 0.5) is 5.13 Å². The topological polar surface area (TPSA) is 128 Å². The Labute approximate surface area is 170 Å². The van der Waals surface area contributed by atoms with Crippen molar-refractivity contribution < 1.29 is 19.1 Å². The number of aryl methyl sites for hydroxylation is 1. The normalized spacial score (nSPS) is 13.9. The lowest BCUT2D eigenvalue weighted by Crippen LogP contribution is -2.42. The smallest absolute Gasteiger partial charge is 0.290 e. The molecule has 156 valence electrons. The summed E-state index contributed by atoms with van der Waals surface area (Å²) in [5.41, 5.74) is 4.91. The highest BCUT2D eigenvalue weighted by molar-refractivity contribution is 7.17. The molecule has 29 heavy (non-hydrogen) atoms. The quantitative estimate of drug-likeness (QED) is 0.600. The van der Waals surface area contributed by atoms with Gasteiger partial charge in [0.05, 0.1) is 32.1 Å². The lowest BCUT2D eigenvalue weighted by atomic mass is 10.3. The van der Waals surface area contributed by atoms with Crippen LogP contribution in [0, 0.1) is 6.92 Å². The number of thiazole rings is 1. The van der Waals surface area contributed by atoms with Gasteiger partial charge in [0, 0.05) is 26.3 Å². The van der Waals surface area contributed by atoms with Gasteiger partial charge in [0.1, 0.15) is 4.88 Å². The number of amides is 2. The first kappa shape index (κ1) is 20.9. The van der Waals surface area contributed by atoms with Crippen LogP contribution >= 0.6 is 11.3 Å². The van der Waals surface area contributed by atoms with E-state index in [1.54, 1.807) is 6.92 Å². The predicted octanol–water partition coefficient (Wildman–Crippen LogP) is -0.434. The SMILES string of the molecule is COCCn1nc(C(=O)NNC(=O)c2sc(N3CCOCC3)nc2C)ccc1=O. The van der Waals surface area contributed by atoms with Gasteiger partial charge in [-0.1, -0.05) is 11.3 Å². The number of nitrogens with one attached hydrogen (secondary N) is 2. The number of carbonyl (C=O) groups is 2. The summed E-state index contributed by atoms with van der Waals surface area (Å²) in [5, 5.41) is 4.72. The molecule has 2 aromatic heterocycles. The molecule has 3 heterocycles. The molecule has 3 rings (SSSR count). The minimum Gasteiger partial charge on any atom is -0.383 e. The van der Waals surface area contributed by atoms with Crippen molar-refractivity contribution in [2.75, 3.05) is 44.9 Å². The zero-order chi connectivity index (χ0) is 20.8. The van der Waals surface area contributed by atoms with Crippen LogP contribution in [0.25, 0.3) is 0 Å². The predicted molar refractivity (Wildman–Crippen MR) is 105 cm³/mol. The molecule has 0 aromatic carbocycles. The molecular weight excluding hydrogens is 400 g/mol. The average molecular weight is 422 g/mol. The van der Waals surface area contributed by atoms with Crippen molar-refractivity contribution >= 4 is 28.3 Å². The minimum atomic E-state index is -0.639. The lowest BCUT2D eigenvalue weighted by molar-refractivity contribution is 0.0843. The molecule has 0 atom stereocenters. The summed E-state index contributed by atoms with van der Waals surface area (Å²) in [4.78, 5) is 43.4. The summed E-state index contributed by atoms with van der Waals surface area (Å²) >= 11 is 1.26. The average Bonchev–Trinajstić information content (AvgIpc) is 3.13. The van der Waals surface area contributed by atoms with Gasteiger partial charge < -0.3 is 14.4 Å². The molecule has 12 heteroatoms. The van der Waals surface area contributed by atoms with Gasteiger partial charge in [0.15, 0.2) is 10.8 Å². The number of nitrogens with zero attached hydrogens (tertiary/aromatic N) is 4. The summed E-state index contributed by atoms with van der Waals surface area (Å²) < 4.78 is 11.4. The Morgan fingerprint density at radius 3 is 2.69 bits per heavy atom. The van der Waals surface area contributed by atoms with Crippen LogP contribution < -0.4 is 21.3 Å². The van der Waals surface area contributed by atoms with Crippen molar-refractivity contribution in [3.05, 3.63) is 38.8 Å². The minimum absolute atomic E-state index is 0.00367. The number of hydrogen-bond acceptors (Lipinski definition) is 9. The second-order valence-electron chi connectivity index (χ2n) is 6.19. The summed E-state index contributed by atoms with van der Waals surface area (Å²) in [7, 11) is 1.50. The summed E-state index contributed by atoms with van der Waals surface area (Å²) in [6.07, 6.45) is 0. The first-order valence-electron chi connectivity index (χ1n) is 8.97. The second kappa shape index (κ2) is 9.58. The number of morpholine rings is 1. The van der Waals surface area contributed by atoms with Crippen molar-refractivity contribution in [3.8, 4) is 0 Å². The molecule has 2 amide bonds. The summed E-state index contributed by atoms with van der Waals surface area (Å²) in [6, 6.07) is 2.53. The van der Waals surface area contributed by atoms with Gasteiger partial charge in [-0.3, -0.25) is 25.2 Å². The van der Waals surface area contributed by atoms with Crippen LogP contribution in [0.5, 0.6) is 0 Å². The Bertz CT molecular complexity index is 937. The first-order chi connectivity index (χ1) is 14.0. The van der Waals surface area contributed by atoms with Crippen molar-refractivity contribution in [1.29, 1.82) is 0 Å². The van der Waals surface area contributed by atoms with Crippen LogP contribution in [-0.4, -0.2) is 66.6 Å². The van der Waals surface area contributed by atoms with Crippen LogP contribution in [0.15, 0.2) is 16.9 Å². The van der Waals surface area contributed by atoms with E-state index in [0.717, 1.165) is 22.9 Å². The molecule has 11 nitrogen and oxygen atoms in total. The van der Waals surface area contributed by atoms with Crippen LogP contribution in [-0.2, 0) is 16.0 Å². The van der Waals surface area contributed by atoms with Gasteiger partial charge in [-0.15, -0.1) is 0 Å². The second-order valence-corrected chi connectivity index (χ2v) is 7.17. The maximum atomic E-state index is 12.5. The number of rotatable bonds is 6. The molecular formula is C17H22N6O5S. The standard InChI is InChI=1S/C17H22N6O5S/c1-11-14(29-17(18-11)22-5-9-28-10-6-22)16(26)20-19-15(25)12-3-4-13(24)23(21-12)7-8-27-2/h3-4H,5-10H2,1-2H3,(H,19,25)(H,20,26). The van der Waals surface area contributed by atoms with E-state index in [1.807, 2.05) is 0 Å². The number of ether oxygens (including phenoxy) is 2. The molecule has 0 spiro atoms. The number of hydrogen-bond donors (Lipinski definition) is 2. The monoisotopic (exact) mass is 422 g/mol. The van der Waals surface area contributed by atoms with E-state index in [9.17, 15) is 14.4 Å². The Hall–Kier alpha value is -2.83. The molecule has 0 saturated carbocycles. The van der Waals surface area contributed by atoms with Gasteiger partial charge in [-0.05, 0) is 13.0 Å². The third-order valence-electron chi connectivity index (χ3n) is 4.17. The lowest BCUT2D eigenvalue weighted by Gasteiger charge is -2.25. The van der Waals surface area contributed by atoms with Crippen molar-refractivity contribution in [3.63, 3.8) is 0 Å². The van der Waals surface area contributed by atoms with Crippen LogP contribution in [0.1, 0.15) is 25.9 Å². The molecule has 0 aliphatic carbocycles. The third kappa shape index (κ3) is 5.16. The molecule has 0 bridgehead atoms. The molecule has 0 radical (unpaired) electrons. The Balaban J connectivity index is 1.62. The summed E-state index contributed by atoms with van der Waals surface area (Å²) in [6.45, 7) is 4.92. The van der Waals surface area contributed by atoms with Gasteiger partial charge in [-0.2, -0.15) is 5.10 Å². The number of carbonyl (C=O) groups excluding carboxylic acids is 2. The molecule has 1 fully saturated rings. The van der Waals surface area contributed by atoms with E-state index in [-0.39, 0.29) is 24.4 Å². The van der Waals surface area contributed by atoms with Crippen LogP contribution in [0.3, 0.4) is 0 Å². The fourth-order valence-corrected chi connectivity index (χ4v) is 3.64. The number of methoxy groups -OCH3 is 1. The van der Waals surface area contributed by atoms with E-state index in [0.29, 0.717) is 23.8 Å². The van der Waals surface area contributed by atoms with E-state index >= 15 is 0 Å². The third-order valence-corrected chi connectivity index (χ3v) is 5.39. The first-order valence-corrected chi connectivity index (χ1v) is 9.79. The Kier molecular flexibility index (Phi) is 6.90. The highest BCUT2D eigenvalue weighted by atomic mass is 32.1. The van der Waals surface area contributed by atoms with Gasteiger partial charge in [0.25, 0.3) is 17.4 Å². The number of aromatic nitrogens is 3. The molecule has 0 unspecified atom stereocenters. The maximum Gasteiger partial charge on any atom is 0.290 e. The van der Waals surface area contributed by atoms with E-state index < -0.39 is 11.8 Å². The molecule has 2 N–H and O–H groups in total. The fraction of sp³-hybridized carbons (Fsp3) is 0.471. The van der Waals surface area contributed by atoms with Crippen molar-refractivity contribution in [2.45, 2.75) is 13.5 Å².